The molecule has 1 atom stereocenters. The van der Waals surface area contributed by atoms with Crippen LogP contribution < -0.4 is 4.90 Å². The fourth-order valence-electron chi connectivity index (χ4n) is 4.46. The van der Waals surface area contributed by atoms with Gasteiger partial charge in [0.2, 0.25) is 10.0 Å². The molecule has 5 rings (SSSR count). The average Bonchev–Trinajstić information content (AvgIpc) is 3.24. The van der Waals surface area contributed by atoms with Crippen LogP contribution in [0, 0.1) is 0 Å². The Hall–Kier alpha value is -2.49. The number of sulfonamides is 1. The van der Waals surface area contributed by atoms with Crippen molar-refractivity contribution in [3.05, 3.63) is 48.4 Å². The fraction of sp³-hybridized carbons (Fsp3) is 0.455. The van der Waals surface area contributed by atoms with Gasteiger partial charge in [-0.15, -0.1) is 0 Å². The van der Waals surface area contributed by atoms with Gasteiger partial charge in [0.1, 0.15) is 16.5 Å². The Balaban J connectivity index is 1.31. The van der Waals surface area contributed by atoms with E-state index >= 15 is 0 Å². The zero-order valence-corrected chi connectivity index (χ0v) is 18.6. The summed E-state index contributed by atoms with van der Waals surface area (Å²) in [7, 11) is -1.48. The van der Waals surface area contributed by atoms with Crippen LogP contribution in [0.2, 0.25) is 0 Å². The lowest BCUT2D eigenvalue weighted by Crippen LogP contribution is -2.47. The number of para-hydroxylation sites is 2. The number of aromatic nitrogens is 3. The number of pyridine rings is 1. The van der Waals surface area contributed by atoms with E-state index in [-0.39, 0.29) is 4.90 Å². The minimum absolute atomic E-state index is 0.270. The van der Waals surface area contributed by atoms with Gasteiger partial charge in [0.15, 0.2) is 0 Å². The van der Waals surface area contributed by atoms with Gasteiger partial charge >= 0.3 is 0 Å². The van der Waals surface area contributed by atoms with Crippen molar-refractivity contribution in [2.75, 3.05) is 51.2 Å². The van der Waals surface area contributed by atoms with Gasteiger partial charge in [-0.2, -0.15) is 4.31 Å². The first-order valence-electron chi connectivity index (χ1n) is 10.8. The smallest absolute Gasteiger partial charge is 0.244 e. The number of H-pyrrole nitrogens is 1. The molecule has 0 saturated carbocycles. The van der Waals surface area contributed by atoms with E-state index < -0.39 is 10.0 Å². The Bertz CT molecular complexity index is 1120. The Morgan fingerprint density at radius 3 is 2.58 bits per heavy atom. The third-order valence-corrected chi connectivity index (χ3v) is 8.24. The van der Waals surface area contributed by atoms with Gasteiger partial charge in [-0.1, -0.05) is 12.1 Å². The van der Waals surface area contributed by atoms with Crippen LogP contribution in [0.5, 0.6) is 0 Å². The highest BCUT2D eigenvalue weighted by Crippen LogP contribution is 2.29. The molecule has 2 saturated heterocycles. The van der Waals surface area contributed by atoms with Gasteiger partial charge in [-0.05, 0) is 44.2 Å². The first kappa shape index (κ1) is 20.4. The molecule has 9 heteroatoms. The highest BCUT2D eigenvalue weighted by molar-refractivity contribution is 7.89. The Morgan fingerprint density at radius 2 is 1.84 bits per heavy atom. The summed E-state index contributed by atoms with van der Waals surface area (Å²) in [6, 6.07) is 11.6. The van der Waals surface area contributed by atoms with Gasteiger partial charge in [-0.3, -0.25) is 0 Å². The Kier molecular flexibility index (Phi) is 5.41. The molecule has 31 heavy (non-hydrogen) atoms. The van der Waals surface area contributed by atoms with E-state index in [0.29, 0.717) is 19.0 Å². The average molecular weight is 441 g/mol. The molecule has 164 valence electrons. The van der Waals surface area contributed by atoms with E-state index in [0.717, 1.165) is 61.7 Å². The second-order valence-corrected chi connectivity index (χ2v) is 10.4. The van der Waals surface area contributed by atoms with Crippen molar-refractivity contribution in [3.63, 3.8) is 0 Å². The SMILES string of the molecule is CN1CCN(S(=O)(=O)c2ccc(N3CCCC(c4nc5ccccc5[nH]4)C3)nc2)CC1. The van der Waals surface area contributed by atoms with E-state index in [4.69, 9.17) is 4.98 Å². The van der Waals surface area contributed by atoms with E-state index in [1.54, 1.807) is 10.4 Å². The molecule has 2 aliphatic heterocycles. The molecule has 2 aliphatic rings. The summed E-state index contributed by atoms with van der Waals surface area (Å²) >= 11 is 0. The van der Waals surface area contributed by atoms with E-state index in [1.165, 1.54) is 6.20 Å². The van der Waals surface area contributed by atoms with E-state index in [2.05, 4.69) is 19.8 Å². The van der Waals surface area contributed by atoms with Crippen molar-refractivity contribution in [1.82, 2.24) is 24.2 Å². The number of benzene rings is 1. The summed E-state index contributed by atoms with van der Waals surface area (Å²) in [4.78, 5) is 17.4. The topological polar surface area (TPSA) is 85.4 Å². The van der Waals surface area contributed by atoms with Crippen LogP contribution in [0.3, 0.4) is 0 Å². The van der Waals surface area contributed by atoms with Crippen LogP contribution in [-0.4, -0.2) is 78.9 Å². The summed E-state index contributed by atoms with van der Waals surface area (Å²) in [5.74, 6) is 2.13. The van der Waals surface area contributed by atoms with Gasteiger partial charge in [0.05, 0.1) is 11.0 Å². The Morgan fingerprint density at radius 1 is 1.03 bits per heavy atom. The predicted molar refractivity (Wildman–Crippen MR) is 121 cm³/mol. The number of fused-ring (bicyclic) bond motifs is 1. The third-order valence-electron chi connectivity index (χ3n) is 6.36. The van der Waals surface area contributed by atoms with Crippen LogP contribution in [0.15, 0.2) is 47.5 Å². The largest absolute Gasteiger partial charge is 0.356 e. The number of piperidine rings is 1. The number of imidazole rings is 1. The van der Waals surface area contributed by atoms with Gasteiger partial charge < -0.3 is 14.8 Å². The van der Waals surface area contributed by atoms with E-state index in [1.807, 2.05) is 37.4 Å². The molecular formula is C22H28N6O2S. The molecule has 0 bridgehead atoms. The van der Waals surface area contributed by atoms with Crippen molar-refractivity contribution < 1.29 is 8.42 Å². The molecule has 2 aromatic heterocycles. The maximum absolute atomic E-state index is 12.9. The zero-order chi connectivity index (χ0) is 21.4. The molecule has 0 radical (unpaired) electrons. The number of rotatable bonds is 4. The third kappa shape index (κ3) is 4.05. The minimum Gasteiger partial charge on any atom is -0.356 e. The highest BCUT2D eigenvalue weighted by atomic mass is 32.2. The number of anilines is 1. The number of hydrogen-bond acceptors (Lipinski definition) is 6. The predicted octanol–water partition coefficient (Wildman–Crippen LogP) is 2.28. The molecule has 1 N–H and O–H groups in total. The molecule has 3 aromatic rings. The number of nitrogens with zero attached hydrogens (tertiary/aromatic N) is 5. The Labute approximate surface area is 182 Å². The number of nitrogens with one attached hydrogen (secondary N) is 1. The lowest BCUT2D eigenvalue weighted by molar-refractivity contribution is 0.222. The molecule has 0 aliphatic carbocycles. The lowest BCUT2D eigenvalue weighted by Gasteiger charge is -2.33. The summed E-state index contributed by atoms with van der Waals surface area (Å²) in [6.45, 7) is 4.27. The molecule has 1 aromatic carbocycles. The van der Waals surface area contributed by atoms with Crippen molar-refractivity contribution in [1.29, 1.82) is 0 Å². The number of piperazine rings is 1. The first-order valence-corrected chi connectivity index (χ1v) is 12.3. The van der Waals surface area contributed by atoms with Gasteiger partial charge in [0.25, 0.3) is 0 Å². The van der Waals surface area contributed by atoms with Crippen LogP contribution in [0.4, 0.5) is 5.82 Å². The van der Waals surface area contributed by atoms with Crippen LogP contribution in [0.25, 0.3) is 11.0 Å². The van der Waals surface area contributed by atoms with Crippen LogP contribution in [-0.2, 0) is 10.0 Å². The molecule has 1 unspecified atom stereocenters. The summed E-state index contributed by atoms with van der Waals surface area (Å²) in [5, 5.41) is 0. The maximum atomic E-state index is 12.9. The lowest BCUT2D eigenvalue weighted by atomic mass is 9.97. The summed E-state index contributed by atoms with van der Waals surface area (Å²) in [5.41, 5.74) is 2.05. The summed E-state index contributed by atoms with van der Waals surface area (Å²) in [6.07, 6.45) is 3.63. The van der Waals surface area contributed by atoms with Crippen molar-refractivity contribution >= 4 is 26.9 Å². The van der Waals surface area contributed by atoms with Gasteiger partial charge in [-0.25, -0.2) is 18.4 Å². The fourth-order valence-corrected chi connectivity index (χ4v) is 5.83. The molecule has 0 spiro atoms. The maximum Gasteiger partial charge on any atom is 0.244 e. The van der Waals surface area contributed by atoms with Crippen LogP contribution >= 0.6 is 0 Å². The minimum atomic E-state index is -3.49. The first-order chi connectivity index (χ1) is 15.0. The molecule has 2 fully saturated rings. The van der Waals surface area contributed by atoms with Gasteiger partial charge in [0, 0.05) is 51.4 Å². The number of likely N-dealkylation sites (N-methyl/N-ethyl adjacent to an activating group) is 1. The van der Waals surface area contributed by atoms with Crippen molar-refractivity contribution in [2.24, 2.45) is 0 Å². The highest BCUT2D eigenvalue weighted by Gasteiger charge is 2.29. The standard InChI is InChI=1S/C22H28N6O2S/c1-26-11-13-28(14-12-26)31(29,30)18-8-9-21(23-15-18)27-10-4-5-17(16-27)22-24-19-6-2-3-7-20(19)25-22/h2-3,6-9,15,17H,4-5,10-14,16H2,1H3,(H,24,25). The second-order valence-electron chi connectivity index (χ2n) is 8.48. The van der Waals surface area contributed by atoms with Crippen molar-refractivity contribution in [2.45, 2.75) is 23.7 Å². The molecule has 8 nitrogen and oxygen atoms in total. The van der Waals surface area contributed by atoms with E-state index in [9.17, 15) is 8.42 Å². The monoisotopic (exact) mass is 440 g/mol. The normalized spacial score (nSPS) is 21.6. The quantitative estimate of drug-likeness (QED) is 0.670. The molecule has 0 amide bonds. The number of aromatic amines is 1. The van der Waals surface area contributed by atoms with Crippen molar-refractivity contribution in [3.8, 4) is 0 Å². The summed E-state index contributed by atoms with van der Waals surface area (Å²) < 4.78 is 27.4. The number of hydrogen-bond donors (Lipinski definition) is 1. The second kappa shape index (κ2) is 8.22. The molecule has 4 heterocycles. The molecular weight excluding hydrogens is 412 g/mol. The zero-order valence-electron chi connectivity index (χ0n) is 17.7. The van der Waals surface area contributed by atoms with Crippen LogP contribution in [0.1, 0.15) is 24.6 Å².